The van der Waals surface area contributed by atoms with E-state index in [1.165, 1.54) is 11.3 Å². The van der Waals surface area contributed by atoms with Crippen LogP contribution < -0.4 is 10.2 Å². The molecule has 1 aromatic rings. The largest absolute Gasteiger partial charge is 0.369 e. The van der Waals surface area contributed by atoms with Gasteiger partial charge in [-0.1, -0.05) is 12.1 Å². The Morgan fingerprint density at radius 2 is 1.81 bits per heavy atom. The number of nitrogens with one attached hydrogen (secondary N) is 1. The number of nitrogens with zero attached hydrogens (tertiary/aromatic N) is 3. The van der Waals surface area contributed by atoms with Gasteiger partial charge in [0.05, 0.1) is 0 Å². The number of carbonyl (C=O) groups excluding carboxylic acids is 1. The van der Waals surface area contributed by atoms with Crippen LogP contribution in [-0.4, -0.2) is 74.6 Å². The SMILES string of the molecule is Cc1cccc(N2CCN(CCC(=O)N(C)C3CCNCC3)CC2)c1.Cl.Cl. The van der Waals surface area contributed by atoms with Crippen LogP contribution in [0.1, 0.15) is 24.8 Å². The first kappa shape index (κ1) is 24.0. The van der Waals surface area contributed by atoms with Crippen molar-refractivity contribution in [2.45, 2.75) is 32.2 Å². The zero-order valence-electron chi connectivity index (χ0n) is 16.5. The van der Waals surface area contributed by atoms with Gasteiger partial charge in [0, 0.05) is 57.9 Å². The number of piperazine rings is 1. The average molecular weight is 417 g/mol. The highest BCUT2D eigenvalue weighted by Crippen LogP contribution is 2.18. The fourth-order valence-electron chi connectivity index (χ4n) is 3.88. The van der Waals surface area contributed by atoms with Crippen molar-refractivity contribution in [3.8, 4) is 0 Å². The van der Waals surface area contributed by atoms with E-state index in [0.717, 1.165) is 58.7 Å². The summed E-state index contributed by atoms with van der Waals surface area (Å²) in [6, 6.07) is 9.15. The molecule has 0 radical (unpaired) electrons. The summed E-state index contributed by atoms with van der Waals surface area (Å²) in [7, 11) is 1.98. The quantitative estimate of drug-likeness (QED) is 0.800. The zero-order chi connectivity index (χ0) is 17.6. The first-order chi connectivity index (χ1) is 12.1. The molecule has 2 saturated heterocycles. The van der Waals surface area contributed by atoms with Gasteiger partial charge in [0.2, 0.25) is 5.91 Å². The van der Waals surface area contributed by atoms with Crippen molar-refractivity contribution < 1.29 is 4.79 Å². The van der Waals surface area contributed by atoms with E-state index in [2.05, 4.69) is 46.3 Å². The van der Waals surface area contributed by atoms with E-state index < -0.39 is 0 Å². The number of amides is 1. The van der Waals surface area contributed by atoms with Crippen molar-refractivity contribution in [3.05, 3.63) is 29.8 Å². The van der Waals surface area contributed by atoms with E-state index in [9.17, 15) is 4.79 Å². The number of halogens is 2. The van der Waals surface area contributed by atoms with Gasteiger partial charge >= 0.3 is 0 Å². The van der Waals surface area contributed by atoms with E-state index in [4.69, 9.17) is 0 Å². The molecule has 0 saturated carbocycles. The molecular formula is C20H34Cl2N4O. The van der Waals surface area contributed by atoms with Crippen LogP contribution in [0.15, 0.2) is 24.3 Å². The van der Waals surface area contributed by atoms with Crippen molar-refractivity contribution in [1.29, 1.82) is 0 Å². The van der Waals surface area contributed by atoms with Crippen molar-refractivity contribution in [2.24, 2.45) is 0 Å². The monoisotopic (exact) mass is 416 g/mol. The number of benzene rings is 1. The minimum Gasteiger partial charge on any atom is -0.369 e. The molecule has 154 valence electrons. The summed E-state index contributed by atoms with van der Waals surface area (Å²) >= 11 is 0. The number of aryl methyl sites for hydroxylation is 1. The predicted octanol–water partition coefficient (Wildman–Crippen LogP) is 2.56. The molecule has 27 heavy (non-hydrogen) atoms. The van der Waals surface area contributed by atoms with E-state index in [0.29, 0.717) is 18.4 Å². The summed E-state index contributed by atoms with van der Waals surface area (Å²) in [5, 5.41) is 3.36. The van der Waals surface area contributed by atoms with Crippen LogP contribution in [-0.2, 0) is 4.79 Å². The highest BCUT2D eigenvalue weighted by atomic mass is 35.5. The highest BCUT2D eigenvalue weighted by molar-refractivity contribution is 5.85. The fraction of sp³-hybridized carbons (Fsp3) is 0.650. The second-order valence-corrected chi connectivity index (χ2v) is 7.40. The smallest absolute Gasteiger partial charge is 0.223 e. The predicted molar refractivity (Wildman–Crippen MR) is 118 cm³/mol. The Balaban J connectivity index is 0.00000182. The van der Waals surface area contributed by atoms with E-state index in [-0.39, 0.29) is 24.8 Å². The summed E-state index contributed by atoms with van der Waals surface area (Å²) in [6.07, 6.45) is 2.81. The van der Waals surface area contributed by atoms with Gasteiger partial charge < -0.3 is 15.1 Å². The van der Waals surface area contributed by atoms with Crippen LogP contribution in [0.4, 0.5) is 5.69 Å². The molecule has 5 nitrogen and oxygen atoms in total. The lowest BCUT2D eigenvalue weighted by molar-refractivity contribution is -0.132. The molecule has 0 bridgehead atoms. The molecule has 3 rings (SSSR count). The Bertz CT molecular complexity index is 573. The van der Waals surface area contributed by atoms with Crippen molar-refractivity contribution in [2.75, 3.05) is 57.8 Å². The molecule has 0 unspecified atom stereocenters. The topological polar surface area (TPSA) is 38.8 Å². The number of anilines is 1. The zero-order valence-corrected chi connectivity index (χ0v) is 18.2. The maximum Gasteiger partial charge on any atom is 0.223 e. The summed E-state index contributed by atoms with van der Waals surface area (Å²) in [5.74, 6) is 0.299. The minimum absolute atomic E-state index is 0. The third kappa shape index (κ3) is 6.83. The number of carbonyl (C=O) groups is 1. The van der Waals surface area contributed by atoms with Gasteiger partial charge in [-0.3, -0.25) is 9.69 Å². The number of rotatable bonds is 5. The lowest BCUT2D eigenvalue weighted by Crippen LogP contribution is -2.48. The Kier molecular flexibility index (Phi) is 10.5. The standard InChI is InChI=1S/C20H32N4O.2ClH/c1-17-4-3-5-19(16-17)24-14-12-23(13-15-24)11-8-20(25)22(2)18-6-9-21-10-7-18;;/h3-5,16,18,21H,6-15H2,1-2H3;2*1H. The van der Waals surface area contributed by atoms with Crippen molar-refractivity contribution in [1.82, 2.24) is 15.1 Å². The van der Waals surface area contributed by atoms with Gasteiger partial charge in [-0.15, -0.1) is 24.8 Å². The Hall–Kier alpha value is -1.01. The van der Waals surface area contributed by atoms with Crippen molar-refractivity contribution >= 4 is 36.4 Å². The van der Waals surface area contributed by atoms with E-state index >= 15 is 0 Å². The molecule has 0 spiro atoms. The number of hydrogen-bond donors (Lipinski definition) is 1. The van der Waals surface area contributed by atoms with Crippen molar-refractivity contribution in [3.63, 3.8) is 0 Å². The lowest BCUT2D eigenvalue weighted by atomic mass is 10.1. The van der Waals surface area contributed by atoms with E-state index in [1.54, 1.807) is 0 Å². The normalized spacial score (nSPS) is 18.4. The van der Waals surface area contributed by atoms with Gasteiger partial charge in [0.25, 0.3) is 0 Å². The number of piperidine rings is 1. The summed E-state index contributed by atoms with van der Waals surface area (Å²) in [5.41, 5.74) is 2.63. The molecule has 2 aliphatic heterocycles. The van der Waals surface area contributed by atoms with Gasteiger partial charge in [-0.25, -0.2) is 0 Å². The summed E-state index contributed by atoms with van der Waals surface area (Å²) in [6.45, 7) is 9.26. The maximum atomic E-state index is 12.5. The molecule has 2 aliphatic rings. The van der Waals surface area contributed by atoms with Gasteiger partial charge in [0.15, 0.2) is 0 Å². The molecule has 0 aromatic heterocycles. The van der Waals surface area contributed by atoms with Gasteiger partial charge in [-0.2, -0.15) is 0 Å². The van der Waals surface area contributed by atoms with E-state index in [1.807, 2.05) is 11.9 Å². The van der Waals surface area contributed by atoms with Crippen LogP contribution in [0.3, 0.4) is 0 Å². The second kappa shape index (κ2) is 11.7. The van der Waals surface area contributed by atoms with Gasteiger partial charge in [-0.05, 0) is 50.6 Å². The molecule has 7 heteroatoms. The first-order valence-corrected chi connectivity index (χ1v) is 9.64. The van der Waals surface area contributed by atoms with Crippen LogP contribution in [0.25, 0.3) is 0 Å². The summed E-state index contributed by atoms with van der Waals surface area (Å²) in [4.78, 5) is 19.3. The lowest BCUT2D eigenvalue weighted by Gasteiger charge is -2.37. The van der Waals surface area contributed by atoms with Crippen LogP contribution >= 0.6 is 24.8 Å². The molecule has 0 aliphatic carbocycles. The molecule has 1 aromatic carbocycles. The summed E-state index contributed by atoms with van der Waals surface area (Å²) < 4.78 is 0. The molecule has 0 atom stereocenters. The third-order valence-corrected chi connectivity index (χ3v) is 5.63. The average Bonchev–Trinajstić information content (AvgIpc) is 2.66. The third-order valence-electron chi connectivity index (χ3n) is 5.63. The Morgan fingerprint density at radius 3 is 2.44 bits per heavy atom. The molecule has 1 N–H and O–H groups in total. The van der Waals surface area contributed by atoms with Gasteiger partial charge in [0.1, 0.15) is 0 Å². The molecule has 2 fully saturated rings. The highest BCUT2D eigenvalue weighted by Gasteiger charge is 2.23. The second-order valence-electron chi connectivity index (χ2n) is 7.40. The maximum absolute atomic E-state index is 12.5. The Labute approximate surface area is 176 Å². The Morgan fingerprint density at radius 1 is 1.15 bits per heavy atom. The molecule has 1 amide bonds. The molecular weight excluding hydrogens is 383 g/mol. The molecule has 2 heterocycles. The first-order valence-electron chi connectivity index (χ1n) is 9.64. The fourth-order valence-corrected chi connectivity index (χ4v) is 3.88. The number of hydrogen-bond acceptors (Lipinski definition) is 4. The van der Waals surface area contributed by atoms with Crippen LogP contribution in [0, 0.1) is 6.92 Å². The minimum atomic E-state index is 0. The van der Waals surface area contributed by atoms with Crippen LogP contribution in [0.2, 0.25) is 0 Å². The van der Waals surface area contributed by atoms with Crippen LogP contribution in [0.5, 0.6) is 0 Å².